The summed E-state index contributed by atoms with van der Waals surface area (Å²) in [5.74, 6) is 0.0509. The molecule has 1 aromatic rings. The quantitative estimate of drug-likeness (QED) is 0.788. The summed E-state index contributed by atoms with van der Waals surface area (Å²) >= 11 is 0. The van der Waals surface area contributed by atoms with E-state index in [2.05, 4.69) is 15.5 Å². The van der Waals surface area contributed by atoms with E-state index in [1.54, 1.807) is 0 Å². The minimum Gasteiger partial charge on any atom is -0.326 e. The van der Waals surface area contributed by atoms with Gasteiger partial charge in [-0.15, -0.1) is 0 Å². The summed E-state index contributed by atoms with van der Waals surface area (Å²) < 4.78 is 0. The van der Waals surface area contributed by atoms with Crippen molar-refractivity contribution in [2.45, 2.75) is 13.8 Å². The Hall–Kier alpha value is -1.39. The number of hydrogen-bond acceptors (Lipinski definition) is 3. The molecule has 19 heavy (non-hydrogen) atoms. The van der Waals surface area contributed by atoms with Gasteiger partial charge in [-0.3, -0.25) is 4.79 Å². The number of carbonyl (C=O) groups excluding carboxylic acids is 1. The van der Waals surface area contributed by atoms with E-state index in [1.807, 2.05) is 58.3 Å². The Morgan fingerprint density at radius 2 is 1.89 bits per heavy atom. The van der Waals surface area contributed by atoms with Crippen LogP contribution < -0.4 is 10.6 Å². The maximum atomic E-state index is 12.3. The molecule has 4 nitrogen and oxygen atoms in total. The first-order valence-electron chi connectivity index (χ1n) is 6.65. The van der Waals surface area contributed by atoms with Gasteiger partial charge < -0.3 is 15.5 Å². The molecule has 0 radical (unpaired) electrons. The number of likely N-dealkylation sites (N-methyl/N-ethyl adjacent to an activating group) is 2. The van der Waals surface area contributed by atoms with E-state index in [9.17, 15) is 4.79 Å². The molecular formula is C15H25N3O. The SMILES string of the molecule is CNCCN(C)CC(C)(C)C(=O)Nc1ccccc1. The lowest BCUT2D eigenvalue weighted by Gasteiger charge is -2.29. The lowest BCUT2D eigenvalue weighted by Crippen LogP contribution is -2.42. The summed E-state index contributed by atoms with van der Waals surface area (Å²) in [6.07, 6.45) is 0. The van der Waals surface area contributed by atoms with Crippen molar-refractivity contribution in [2.24, 2.45) is 5.41 Å². The van der Waals surface area contributed by atoms with Crippen molar-refractivity contribution in [3.63, 3.8) is 0 Å². The number of anilines is 1. The number of hydrogen-bond donors (Lipinski definition) is 2. The zero-order chi connectivity index (χ0) is 14.3. The zero-order valence-electron chi connectivity index (χ0n) is 12.4. The normalized spacial score (nSPS) is 11.6. The third-order valence-electron chi connectivity index (χ3n) is 3.06. The first-order valence-corrected chi connectivity index (χ1v) is 6.65. The number of amides is 1. The van der Waals surface area contributed by atoms with Crippen LogP contribution in [0.4, 0.5) is 5.69 Å². The third kappa shape index (κ3) is 5.41. The van der Waals surface area contributed by atoms with Crippen LogP contribution in [-0.2, 0) is 4.79 Å². The molecule has 0 aromatic heterocycles. The van der Waals surface area contributed by atoms with E-state index < -0.39 is 5.41 Å². The summed E-state index contributed by atoms with van der Waals surface area (Å²) in [6, 6.07) is 9.58. The van der Waals surface area contributed by atoms with Crippen LogP contribution in [0.2, 0.25) is 0 Å². The van der Waals surface area contributed by atoms with E-state index in [4.69, 9.17) is 0 Å². The molecule has 0 aliphatic carbocycles. The van der Waals surface area contributed by atoms with Gasteiger partial charge in [0.2, 0.25) is 5.91 Å². The van der Waals surface area contributed by atoms with Gasteiger partial charge in [0, 0.05) is 25.3 Å². The minimum atomic E-state index is -0.418. The second kappa shape index (κ2) is 7.26. The van der Waals surface area contributed by atoms with Gasteiger partial charge in [0.25, 0.3) is 0 Å². The van der Waals surface area contributed by atoms with Crippen LogP contribution in [0.5, 0.6) is 0 Å². The van der Waals surface area contributed by atoms with Crippen LogP contribution >= 0.6 is 0 Å². The molecular weight excluding hydrogens is 238 g/mol. The van der Waals surface area contributed by atoms with Crippen molar-refractivity contribution in [2.75, 3.05) is 39.0 Å². The molecule has 1 aromatic carbocycles. The number of nitrogens with one attached hydrogen (secondary N) is 2. The van der Waals surface area contributed by atoms with Crippen LogP contribution in [0, 0.1) is 5.41 Å². The van der Waals surface area contributed by atoms with E-state index >= 15 is 0 Å². The van der Waals surface area contributed by atoms with E-state index in [-0.39, 0.29) is 5.91 Å². The number of para-hydroxylation sites is 1. The van der Waals surface area contributed by atoms with Crippen molar-refractivity contribution in [3.05, 3.63) is 30.3 Å². The van der Waals surface area contributed by atoms with Crippen molar-refractivity contribution < 1.29 is 4.79 Å². The van der Waals surface area contributed by atoms with Crippen molar-refractivity contribution >= 4 is 11.6 Å². The van der Waals surface area contributed by atoms with Gasteiger partial charge in [0.15, 0.2) is 0 Å². The van der Waals surface area contributed by atoms with Crippen LogP contribution in [0.3, 0.4) is 0 Å². The Balaban J connectivity index is 2.54. The second-order valence-corrected chi connectivity index (χ2v) is 5.55. The Kier molecular flexibility index (Phi) is 5.99. The molecule has 0 saturated heterocycles. The second-order valence-electron chi connectivity index (χ2n) is 5.55. The Bertz CT molecular complexity index is 390. The lowest BCUT2D eigenvalue weighted by molar-refractivity contribution is -0.124. The molecule has 0 unspecified atom stereocenters. The Morgan fingerprint density at radius 1 is 1.26 bits per heavy atom. The summed E-state index contributed by atoms with van der Waals surface area (Å²) in [5.41, 5.74) is 0.427. The summed E-state index contributed by atoms with van der Waals surface area (Å²) in [4.78, 5) is 14.5. The smallest absolute Gasteiger partial charge is 0.231 e. The van der Waals surface area contributed by atoms with Crippen molar-refractivity contribution in [1.29, 1.82) is 0 Å². The summed E-state index contributed by atoms with van der Waals surface area (Å²) in [5, 5.41) is 6.07. The fourth-order valence-corrected chi connectivity index (χ4v) is 1.95. The summed E-state index contributed by atoms with van der Waals surface area (Å²) in [7, 11) is 3.97. The molecule has 0 aliphatic rings. The number of rotatable bonds is 7. The van der Waals surface area contributed by atoms with Gasteiger partial charge >= 0.3 is 0 Å². The molecule has 0 atom stereocenters. The average Bonchev–Trinajstić information content (AvgIpc) is 2.37. The van der Waals surface area contributed by atoms with Gasteiger partial charge in [-0.1, -0.05) is 18.2 Å². The molecule has 4 heteroatoms. The molecule has 1 amide bonds. The molecule has 0 saturated carbocycles. The first kappa shape index (κ1) is 15.7. The van der Waals surface area contributed by atoms with Gasteiger partial charge in [0.05, 0.1) is 5.41 Å². The highest BCUT2D eigenvalue weighted by atomic mass is 16.2. The minimum absolute atomic E-state index is 0.0509. The molecule has 0 heterocycles. The fourth-order valence-electron chi connectivity index (χ4n) is 1.95. The maximum Gasteiger partial charge on any atom is 0.231 e. The molecule has 0 spiro atoms. The first-order chi connectivity index (χ1) is 8.95. The van der Waals surface area contributed by atoms with Gasteiger partial charge in [-0.25, -0.2) is 0 Å². The highest BCUT2D eigenvalue weighted by Gasteiger charge is 2.28. The third-order valence-corrected chi connectivity index (χ3v) is 3.06. The standard InChI is InChI=1S/C15H25N3O/c1-15(2,12-18(4)11-10-16-3)14(19)17-13-8-6-5-7-9-13/h5-9,16H,10-12H2,1-4H3,(H,17,19). The monoisotopic (exact) mass is 263 g/mol. The molecule has 106 valence electrons. The molecule has 2 N–H and O–H groups in total. The Labute approximate surface area is 116 Å². The zero-order valence-corrected chi connectivity index (χ0v) is 12.4. The largest absolute Gasteiger partial charge is 0.326 e. The lowest BCUT2D eigenvalue weighted by atomic mass is 9.91. The fraction of sp³-hybridized carbons (Fsp3) is 0.533. The highest BCUT2D eigenvalue weighted by Crippen LogP contribution is 2.19. The van der Waals surface area contributed by atoms with E-state index in [0.717, 1.165) is 25.3 Å². The predicted octanol–water partition coefficient (Wildman–Crippen LogP) is 1.80. The number of nitrogens with zero attached hydrogens (tertiary/aromatic N) is 1. The van der Waals surface area contributed by atoms with Crippen LogP contribution in [0.1, 0.15) is 13.8 Å². The van der Waals surface area contributed by atoms with Crippen molar-refractivity contribution in [3.8, 4) is 0 Å². The van der Waals surface area contributed by atoms with Crippen LogP contribution in [0.15, 0.2) is 30.3 Å². The average molecular weight is 263 g/mol. The van der Waals surface area contributed by atoms with E-state index in [1.165, 1.54) is 0 Å². The van der Waals surface area contributed by atoms with Crippen molar-refractivity contribution in [1.82, 2.24) is 10.2 Å². The highest BCUT2D eigenvalue weighted by molar-refractivity contribution is 5.94. The van der Waals surface area contributed by atoms with Crippen LogP contribution in [-0.4, -0.2) is 44.5 Å². The molecule has 0 aliphatic heterocycles. The summed E-state index contributed by atoms with van der Waals surface area (Å²) in [6.45, 7) is 6.53. The molecule has 0 bridgehead atoms. The van der Waals surface area contributed by atoms with Crippen LogP contribution in [0.25, 0.3) is 0 Å². The topological polar surface area (TPSA) is 44.4 Å². The number of benzene rings is 1. The van der Waals surface area contributed by atoms with Gasteiger partial charge in [-0.05, 0) is 40.1 Å². The van der Waals surface area contributed by atoms with Gasteiger partial charge in [-0.2, -0.15) is 0 Å². The van der Waals surface area contributed by atoms with E-state index in [0.29, 0.717) is 0 Å². The molecule has 1 rings (SSSR count). The maximum absolute atomic E-state index is 12.3. The Morgan fingerprint density at radius 3 is 2.47 bits per heavy atom. The predicted molar refractivity (Wildman–Crippen MR) is 80.3 cm³/mol. The number of carbonyl (C=O) groups is 1. The van der Waals surface area contributed by atoms with Gasteiger partial charge in [0.1, 0.15) is 0 Å². The molecule has 0 fully saturated rings.